The zero-order chi connectivity index (χ0) is 11.0. The highest BCUT2D eigenvalue weighted by atomic mass is 32.2. The van der Waals surface area contributed by atoms with Gasteiger partial charge in [0.2, 0.25) is 5.91 Å². The van der Waals surface area contributed by atoms with Crippen LogP contribution in [0.25, 0.3) is 0 Å². The molecule has 2 N–H and O–H groups in total. The van der Waals surface area contributed by atoms with Crippen molar-refractivity contribution in [1.82, 2.24) is 5.32 Å². The lowest BCUT2D eigenvalue weighted by Crippen LogP contribution is -2.42. The Morgan fingerprint density at radius 2 is 2.00 bits per heavy atom. The Labute approximate surface area is 92.2 Å². The summed E-state index contributed by atoms with van der Waals surface area (Å²) in [6.07, 6.45) is 4.18. The molecule has 82 valence electrons. The van der Waals surface area contributed by atoms with Crippen LogP contribution in [0, 0.1) is 0 Å². The van der Waals surface area contributed by atoms with E-state index in [1.807, 2.05) is 6.26 Å². The molecule has 0 aliphatic rings. The minimum atomic E-state index is -0.964. The first kappa shape index (κ1) is 13.6. The fourth-order valence-corrected chi connectivity index (χ4v) is 1.68. The first-order valence-electron chi connectivity index (χ1n) is 4.11. The summed E-state index contributed by atoms with van der Waals surface area (Å²) in [7, 11) is 0. The largest absolute Gasteiger partial charge is 0.480 e. The highest BCUT2D eigenvalue weighted by Gasteiger charge is 2.18. The number of carbonyl (C=O) groups is 2. The first-order valence-corrected chi connectivity index (χ1v) is 6.90. The molecule has 14 heavy (non-hydrogen) atoms. The monoisotopic (exact) mass is 237 g/mol. The smallest absolute Gasteiger partial charge is 0.326 e. The van der Waals surface area contributed by atoms with Crippen LogP contribution >= 0.6 is 23.5 Å². The summed E-state index contributed by atoms with van der Waals surface area (Å²) in [5, 5.41) is 11.3. The van der Waals surface area contributed by atoms with Gasteiger partial charge in [-0.1, -0.05) is 0 Å². The molecule has 1 atom stereocenters. The molecule has 0 aliphatic carbocycles. The summed E-state index contributed by atoms with van der Waals surface area (Å²) in [4.78, 5) is 21.8. The van der Waals surface area contributed by atoms with Crippen LogP contribution in [0.2, 0.25) is 0 Å². The van der Waals surface area contributed by atoms with Crippen molar-refractivity contribution in [2.75, 3.05) is 24.0 Å². The van der Waals surface area contributed by atoms with Crippen LogP contribution in [-0.2, 0) is 9.59 Å². The summed E-state index contributed by atoms with van der Waals surface area (Å²) in [5.74, 6) is -0.140. The SMILES string of the molecule is CSCC[C@@H](NC(=O)CSC)C(=O)O. The molecule has 0 unspecified atom stereocenters. The molecule has 0 spiro atoms. The minimum absolute atomic E-state index is 0.217. The van der Waals surface area contributed by atoms with E-state index in [0.29, 0.717) is 12.2 Å². The van der Waals surface area contributed by atoms with Crippen LogP contribution in [0.1, 0.15) is 6.42 Å². The number of hydrogen-bond donors (Lipinski definition) is 2. The van der Waals surface area contributed by atoms with E-state index >= 15 is 0 Å². The number of rotatable bonds is 7. The maximum atomic E-state index is 11.1. The standard InChI is InChI=1S/C8H15NO3S2/c1-13-4-3-6(8(11)12)9-7(10)5-14-2/h6H,3-5H2,1-2H3,(H,9,10)(H,11,12)/t6-/m1/s1. The number of amides is 1. The average molecular weight is 237 g/mol. The number of thioether (sulfide) groups is 2. The normalized spacial score (nSPS) is 12.1. The molecule has 4 nitrogen and oxygen atoms in total. The van der Waals surface area contributed by atoms with Gasteiger partial charge in [0.15, 0.2) is 0 Å². The molecule has 0 bridgehead atoms. The van der Waals surface area contributed by atoms with Gasteiger partial charge in [-0.05, 0) is 24.7 Å². The predicted octanol–water partition coefficient (Wildman–Crippen LogP) is 0.672. The zero-order valence-electron chi connectivity index (χ0n) is 8.28. The van der Waals surface area contributed by atoms with Crippen molar-refractivity contribution in [3.05, 3.63) is 0 Å². The molecule has 0 aliphatic heterocycles. The molecule has 0 heterocycles. The Bertz CT molecular complexity index is 199. The number of nitrogens with one attached hydrogen (secondary N) is 1. The van der Waals surface area contributed by atoms with E-state index in [-0.39, 0.29) is 5.91 Å². The summed E-state index contributed by atoms with van der Waals surface area (Å²) in [6.45, 7) is 0. The third-order valence-corrected chi connectivity index (χ3v) is 2.71. The van der Waals surface area contributed by atoms with E-state index in [9.17, 15) is 9.59 Å². The summed E-state index contributed by atoms with van der Waals surface area (Å²) < 4.78 is 0. The van der Waals surface area contributed by atoms with Gasteiger partial charge in [-0.3, -0.25) is 4.79 Å². The van der Waals surface area contributed by atoms with Crippen LogP contribution in [0.15, 0.2) is 0 Å². The summed E-state index contributed by atoms with van der Waals surface area (Å²) in [5.41, 5.74) is 0. The number of carboxylic acids is 1. The molecular weight excluding hydrogens is 222 g/mol. The zero-order valence-corrected chi connectivity index (χ0v) is 9.91. The molecule has 0 saturated carbocycles. The second-order valence-corrected chi connectivity index (χ2v) is 4.52. The van der Waals surface area contributed by atoms with E-state index in [1.54, 1.807) is 18.0 Å². The molecule has 6 heteroatoms. The third-order valence-electron chi connectivity index (χ3n) is 1.52. The van der Waals surface area contributed by atoms with Crippen LogP contribution in [0.3, 0.4) is 0 Å². The Morgan fingerprint density at radius 3 is 2.43 bits per heavy atom. The topological polar surface area (TPSA) is 66.4 Å². The lowest BCUT2D eigenvalue weighted by Gasteiger charge is -2.13. The van der Waals surface area contributed by atoms with E-state index in [0.717, 1.165) is 5.75 Å². The van der Waals surface area contributed by atoms with Crippen molar-refractivity contribution in [3.63, 3.8) is 0 Å². The van der Waals surface area contributed by atoms with Crippen molar-refractivity contribution < 1.29 is 14.7 Å². The molecule has 0 saturated heterocycles. The van der Waals surface area contributed by atoms with Gasteiger partial charge < -0.3 is 10.4 Å². The maximum absolute atomic E-state index is 11.1. The number of hydrogen-bond acceptors (Lipinski definition) is 4. The van der Waals surface area contributed by atoms with Gasteiger partial charge in [-0.2, -0.15) is 23.5 Å². The minimum Gasteiger partial charge on any atom is -0.480 e. The van der Waals surface area contributed by atoms with E-state index < -0.39 is 12.0 Å². The van der Waals surface area contributed by atoms with Gasteiger partial charge >= 0.3 is 5.97 Å². The van der Waals surface area contributed by atoms with E-state index in [1.165, 1.54) is 11.8 Å². The Balaban J connectivity index is 3.95. The van der Waals surface area contributed by atoms with Crippen molar-refractivity contribution in [3.8, 4) is 0 Å². The average Bonchev–Trinajstić information content (AvgIpc) is 2.12. The van der Waals surface area contributed by atoms with E-state index in [2.05, 4.69) is 5.32 Å². The maximum Gasteiger partial charge on any atom is 0.326 e. The number of carboxylic acid groups (broad SMARTS) is 1. The molecule has 1 amide bonds. The third kappa shape index (κ3) is 6.15. The summed E-state index contributed by atoms with van der Waals surface area (Å²) >= 11 is 2.95. The van der Waals surface area contributed by atoms with Gasteiger partial charge in [-0.25, -0.2) is 4.79 Å². The first-order chi connectivity index (χ1) is 6.61. The Hall–Kier alpha value is -0.360. The highest BCUT2D eigenvalue weighted by molar-refractivity contribution is 7.99. The molecule has 0 aromatic heterocycles. The second kappa shape index (κ2) is 7.99. The van der Waals surface area contributed by atoms with Crippen LogP contribution in [0.5, 0.6) is 0 Å². The highest BCUT2D eigenvalue weighted by Crippen LogP contribution is 2.01. The van der Waals surface area contributed by atoms with Gasteiger partial charge in [0.05, 0.1) is 5.75 Å². The number of aliphatic carboxylic acids is 1. The quantitative estimate of drug-likeness (QED) is 0.681. The van der Waals surface area contributed by atoms with Crippen molar-refractivity contribution in [2.45, 2.75) is 12.5 Å². The summed E-state index contributed by atoms with van der Waals surface area (Å²) in [6, 6.07) is -0.748. The van der Waals surface area contributed by atoms with Gasteiger partial charge in [0, 0.05) is 0 Å². The van der Waals surface area contributed by atoms with Gasteiger partial charge in [-0.15, -0.1) is 0 Å². The van der Waals surface area contributed by atoms with Gasteiger partial charge in [0.25, 0.3) is 0 Å². The second-order valence-electron chi connectivity index (χ2n) is 2.67. The fourth-order valence-electron chi connectivity index (χ4n) is 0.860. The molecule has 0 aromatic carbocycles. The van der Waals surface area contributed by atoms with Crippen molar-refractivity contribution in [1.29, 1.82) is 0 Å². The van der Waals surface area contributed by atoms with Crippen molar-refractivity contribution in [2.24, 2.45) is 0 Å². The van der Waals surface area contributed by atoms with Crippen LogP contribution in [-0.4, -0.2) is 47.0 Å². The Morgan fingerprint density at radius 1 is 1.36 bits per heavy atom. The predicted molar refractivity (Wildman–Crippen MR) is 60.9 cm³/mol. The lowest BCUT2D eigenvalue weighted by molar-refractivity contribution is -0.141. The van der Waals surface area contributed by atoms with E-state index in [4.69, 9.17) is 5.11 Å². The fraction of sp³-hybridized carbons (Fsp3) is 0.750. The van der Waals surface area contributed by atoms with Crippen LogP contribution in [0.4, 0.5) is 0 Å². The molecule has 0 fully saturated rings. The van der Waals surface area contributed by atoms with Gasteiger partial charge in [0.1, 0.15) is 6.04 Å². The lowest BCUT2D eigenvalue weighted by atomic mass is 10.2. The van der Waals surface area contributed by atoms with Crippen LogP contribution < -0.4 is 5.32 Å². The molecule has 0 rings (SSSR count). The Kier molecular flexibility index (Phi) is 7.78. The molecular formula is C8H15NO3S2. The molecule has 0 radical (unpaired) electrons. The number of carbonyl (C=O) groups excluding carboxylic acids is 1. The van der Waals surface area contributed by atoms with Crippen molar-refractivity contribution >= 4 is 35.4 Å². The molecule has 0 aromatic rings.